The van der Waals surface area contributed by atoms with Crippen molar-refractivity contribution in [3.05, 3.63) is 60.2 Å². The molecular weight excluding hydrogens is 352 g/mol. The molecule has 0 bridgehead atoms. The normalized spacial score (nSPS) is 16.1. The summed E-state index contributed by atoms with van der Waals surface area (Å²) in [7, 11) is 1.86. The molecule has 0 radical (unpaired) electrons. The van der Waals surface area contributed by atoms with E-state index in [1.165, 1.54) is 0 Å². The highest BCUT2D eigenvalue weighted by Gasteiger charge is 2.22. The van der Waals surface area contributed by atoms with Crippen LogP contribution in [0.5, 0.6) is 0 Å². The monoisotopic (exact) mass is 374 g/mol. The Hall–Kier alpha value is -3.37. The number of para-hydroxylation sites is 2. The summed E-state index contributed by atoms with van der Waals surface area (Å²) in [6.45, 7) is 3.59. The van der Waals surface area contributed by atoms with Gasteiger partial charge in [0.05, 0.1) is 17.6 Å². The summed E-state index contributed by atoms with van der Waals surface area (Å²) in [5, 5.41) is 20.3. The molecule has 1 fully saturated rings. The molecule has 0 unspecified atom stereocenters. The van der Waals surface area contributed by atoms with Gasteiger partial charge in [0.1, 0.15) is 23.2 Å². The molecule has 7 heteroatoms. The highest BCUT2D eigenvalue weighted by molar-refractivity contribution is 5.83. The van der Waals surface area contributed by atoms with Crippen LogP contribution < -0.4 is 4.90 Å². The lowest BCUT2D eigenvalue weighted by Gasteiger charge is -2.35. The van der Waals surface area contributed by atoms with Crippen LogP contribution in [-0.2, 0) is 7.05 Å². The molecule has 142 valence electrons. The fraction of sp³-hybridized carbons (Fsp3) is 0.286. The van der Waals surface area contributed by atoms with E-state index in [2.05, 4.69) is 25.8 Å². The molecule has 1 saturated heterocycles. The number of aromatic nitrogens is 3. The van der Waals surface area contributed by atoms with E-state index in [-0.39, 0.29) is 11.3 Å². The maximum Gasteiger partial charge on any atom is 0.155 e. The standard InChI is InChI=1S/C21H22N6O/c1-25-18-7-3-2-6-17(18)24-21(25)16(14-22)19(28)15-26-10-12-27(13-11-26)20-8-4-5-9-23-20/h2-9,28H,10-13,15H2,1H3/b19-16-. The summed E-state index contributed by atoms with van der Waals surface area (Å²) < 4.78 is 1.85. The number of pyridine rings is 1. The Morgan fingerprint density at radius 1 is 1.11 bits per heavy atom. The lowest BCUT2D eigenvalue weighted by Crippen LogP contribution is -2.47. The molecule has 3 heterocycles. The molecule has 4 rings (SSSR count). The van der Waals surface area contributed by atoms with Gasteiger partial charge in [0.2, 0.25) is 0 Å². The summed E-state index contributed by atoms with van der Waals surface area (Å²) in [4.78, 5) is 13.3. The van der Waals surface area contributed by atoms with Gasteiger partial charge in [0, 0.05) is 39.4 Å². The quantitative estimate of drug-likeness (QED) is 0.558. The van der Waals surface area contributed by atoms with E-state index in [4.69, 9.17) is 0 Å². The molecule has 1 aromatic carbocycles. The third kappa shape index (κ3) is 3.42. The minimum Gasteiger partial charge on any atom is -0.509 e. The molecule has 28 heavy (non-hydrogen) atoms. The van der Waals surface area contributed by atoms with Crippen LogP contribution in [0.3, 0.4) is 0 Å². The zero-order valence-corrected chi connectivity index (χ0v) is 15.8. The van der Waals surface area contributed by atoms with E-state index >= 15 is 0 Å². The zero-order chi connectivity index (χ0) is 19.5. The smallest absolute Gasteiger partial charge is 0.155 e. The maximum atomic E-state index is 10.7. The van der Waals surface area contributed by atoms with Crippen molar-refractivity contribution >= 4 is 22.4 Å². The Balaban J connectivity index is 1.50. The molecule has 0 aliphatic carbocycles. The van der Waals surface area contributed by atoms with Crippen molar-refractivity contribution in [2.24, 2.45) is 7.05 Å². The average molecular weight is 374 g/mol. The predicted octanol–water partition coefficient (Wildman–Crippen LogP) is 2.58. The Labute approximate surface area is 163 Å². The number of imidazole rings is 1. The van der Waals surface area contributed by atoms with Crippen LogP contribution in [0, 0.1) is 11.3 Å². The first kappa shape index (κ1) is 18.0. The highest BCUT2D eigenvalue weighted by Crippen LogP contribution is 2.22. The van der Waals surface area contributed by atoms with Gasteiger partial charge in [-0.2, -0.15) is 5.26 Å². The molecular formula is C21H22N6O. The number of fused-ring (bicyclic) bond motifs is 1. The van der Waals surface area contributed by atoms with Gasteiger partial charge in [0.15, 0.2) is 5.82 Å². The SMILES string of the molecule is Cn1c(/C(C#N)=C(\O)CN2CCN(c3ccccn3)CC2)nc2ccccc21. The summed E-state index contributed by atoms with van der Waals surface area (Å²) in [6.07, 6.45) is 1.80. The van der Waals surface area contributed by atoms with Gasteiger partial charge in [-0.25, -0.2) is 9.97 Å². The second-order valence-electron chi connectivity index (χ2n) is 6.87. The minimum atomic E-state index is 0.0622. The van der Waals surface area contributed by atoms with E-state index in [1.54, 1.807) is 6.20 Å². The molecule has 0 amide bonds. The van der Waals surface area contributed by atoms with Crippen LogP contribution in [0.15, 0.2) is 54.4 Å². The third-order valence-corrected chi connectivity index (χ3v) is 5.13. The summed E-state index contributed by atoms with van der Waals surface area (Å²) >= 11 is 0. The number of aliphatic hydroxyl groups excluding tert-OH is 1. The van der Waals surface area contributed by atoms with Crippen LogP contribution >= 0.6 is 0 Å². The largest absolute Gasteiger partial charge is 0.509 e. The van der Waals surface area contributed by atoms with E-state index in [0.717, 1.165) is 43.0 Å². The van der Waals surface area contributed by atoms with E-state index in [9.17, 15) is 10.4 Å². The molecule has 0 saturated carbocycles. The van der Waals surface area contributed by atoms with Crippen molar-refractivity contribution in [3.8, 4) is 6.07 Å². The number of aryl methyl sites for hydroxylation is 1. The zero-order valence-electron chi connectivity index (χ0n) is 15.8. The fourth-order valence-corrected chi connectivity index (χ4v) is 3.58. The number of aliphatic hydroxyl groups is 1. The second-order valence-corrected chi connectivity index (χ2v) is 6.87. The Morgan fingerprint density at radius 3 is 2.54 bits per heavy atom. The Bertz CT molecular complexity index is 1040. The molecule has 2 aromatic heterocycles. The lowest BCUT2D eigenvalue weighted by atomic mass is 10.2. The van der Waals surface area contributed by atoms with Gasteiger partial charge >= 0.3 is 0 Å². The number of hydrogen-bond acceptors (Lipinski definition) is 6. The van der Waals surface area contributed by atoms with Gasteiger partial charge in [-0.3, -0.25) is 4.90 Å². The summed E-state index contributed by atoms with van der Waals surface area (Å²) in [5.74, 6) is 1.53. The number of hydrogen-bond donors (Lipinski definition) is 1. The van der Waals surface area contributed by atoms with Gasteiger partial charge in [0.25, 0.3) is 0 Å². The minimum absolute atomic E-state index is 0.0622. The van der Waals surface area contributed by atoms with Crippen molar-refractivity contribution in [2.75, 3.05) is 37.6 Å². The maximum absolute atomic E-state index is 10.7. The van der Waals surface area contributed by atoms with E-state index in [1.807, 2.05) is 54.1 Å². The van der Waals surface area contributed by atoms with Crippen molar-refractivity contribution in [1.29, 1.82) is 5.26 Å². The topological polar surface area (TPSA) is 81.2 Å². The van der Waals surface area contributed by atoms with E-state index in [0.29, 0.717) is 12.4 Å². The number of nitrogens with zero attached hydrogens (tertiary/aromatic N) is 6. The molecule has 0 atom stereocenters. The number of anilines is 1. The van der Waals surface area contributed by atoms with Gasteiger partial charge in [-0.1, -0.05) is 18.2 Å². The first-order valence-electron chi connectivity index (χ1n) is 9.29. The fourth-order valence-electron chi connectivity index (χ4n) is 3.58. The Morgan fingerprint density at radius 2 is 1.86 bits per heavy atom. The lowest BCUT2D eigenvalue weighted by molar-refractivity contribution is 0.238. The van der Waals surface area contributed by atoms with Crippen molar-refractivity contribution in [1.82, 2.24) is 19.4 Å². The number of nitriles is 1. The van der Waals surface area contributed by atoms with Crippen LogP contribution in [0.25, 0.3) is 16.6 Å². The van der Waals surface area contributed by atoms with Crippen molar-refractivity contribution in [2.45, 2.75) is 0 Å². The third-order valence-electron chi connectivity index (χ3n) is 5.13. The van der Waals surface area contributed by atoms with Crippen LogP contribution in [-0.4, -0.2) is 57.3 Å². The number of allylic oxidation sites excluding steroid dienone is 1. The number of rotatable bonds is 4. The van der Waals surface area contributed by atoms with Gasteiger partial charge in [-0.05, 0) is 24.3 Å². The number of benzene rings is 1. The molecule has 1 N–H and O–H groups in total. The van der Waals surface area contributed by atoms with Crippen LogP contribution in [0.1, 0.15) is 5.82 Å². The summed E-state index contributed by atoms with van der Waals surface area (Å²) in [6, 6.07) is 15.8. The molecule has 7 nitrogen and oxygen atoms in total. The predicted molar refractivity (Wildman–Crippen MR) is 109 cm³/mol. The summed E-state index contributed by atoms with van der Waals surface area (Å²) in [5.41, 5.74) is 1.97. The highest BCUT2D eigenvalue weighted by atomic mass is 16.3. The van der Waals surface area contributed by atoms with Gasteiger partial charge in [-0.15, -0.1) is 0 Å². The molecule has 1 aliphatic heterocycles. The first-order chi connectivity index (χ1) is 13.7. The van der Waals surface area contributed by atoms with Gasteiger partial charge < -0.3 is 14.6 Å². The Kier molecular flexibility index (Phi) is 4.96. The van der Waals surface area contributed by atoms with Crippen molar-refractivity contribution in [3.63, 3.8) is 0 Å². The van der Waals surface area contributed by atoms with E-state index < -0.39 is 0 Å². The molecule has 3 aromatic rings. The van der Waals surface area contributed by atoms with Crippen molar-refractivity contribution < 1.29 is 5.11 Å². The molecule has 1 aliphatic rings. The molecule has 0 spiro atoms. The first-order valence-corrected chi connectivity index (χ1v) is 9.29. The van der Waals surface area contributed by atoms with Crippen LogP contribution in [0.2, 0.25) is 0 Å². The average Bonchev–Trinajstić information content (AvgIpc) is 3.06. The van der Waals surface area contributed by atoms with Crippen LogP contribution in [0.4, 0.5) is 5.82 Å². The second kappa shape index (κ2) is 7.71. The number of piperazine rings is 1.